The van der Waals surface area contributed by atoms with E-state index in [0.29, 0.717) is 16.7 Å². The van der Waals surface area contributed by atoms with Gasteiger partial charge in [-0.05, 0) is 23.8 Å². The van der Waals surface area contributed by atoms with Crippen LogP contribution in [0.1, 0.15) is 15.9 Å². The maximum Gasteiger partial charge on any atom is 0.340 e. The molecule has 1 amide bonds. The van der Waals surface area contributed by atoms with Gasteiger partial charge in [0.25, 0.3) is 0 Å². The smallest absolute Gasteiger partial charge is 0.340 e. The fourth-order valence-corrected chi connectivity index (χ4v) is 2.06. The molecule has 0 saturated heterocycles. The van der Waals surface area contributed by atoms with Crippen molar-refractivity contribution >= 4 is 35.2 Å². The molecule has 0 radical (unpaired) electrons. The van der Waals surface area contributed by atoms with Gasteiger partial charge in [-0.25, -0.2) is 13.6 Å². The summed E-state index contributed by atoms with van der Waals surface area (Å²) in [7, 11) is 1.07. The van der Waals surface area contributed by atoms with Crippen LogP contribution in [-0.4, -0.2) is 19.0 Å². The molecule has 0 unspecified atom stereocenters. The molecule has 0 aliphatic heterocycles. The summed E-state index contributed by atoms with van der Waals surface area (Å²) < 4.78 is 31.7. The van der Waals surface area contributed by atoms with Gasteiger partial charge in [0.05, 0.1) is 18.4 Å². The van der Waals surface area contributed by atoms with E-state index in [2.05, 4.69) is 10.1 Å². The summed E-state index contributed by atoms with van der Waals surface area (Å²) in [6.45, 7) is 0. The molecule has 124 valence electrons. The van der Waals surface area contributed by atoms with Crippen molar-refractivity contribution in [2.24, 2.45) is 0 Å². The number of esters is 1. The first-order chi connectivity index (χ1) is 11.4. The Morgan fingerprint density at radius 1 is 1.17 bits per heavy atom. The Hall–Kier alpha value is -2.73. The van der Waals surface area contributed by atoms with Gasteiger partial charge in [-0.3, -0.25) is 4.79 Å². The highest BCUT2D eigenvalue weighted by Gasteiger charge is 2.17. The first kappa shape index (κ1) is 17.6. The zero-order valence-corrected chi connectivity index (χ0v) is 13.2. The van der Waals surface area contributed by atoms with Gasteiger partial charge in [0, 0.05) is 17.2 Å². The second kappa shape index (κ2) is 7.70. The minimum Gasteiger partial charge on any atom is -0.465 e. The molecule has 7 heteroatoms. The molecule has 0 aromatic heterocycles. The molecule has 2 aromatic rings. The van der Waals surface area contributed by atoms with E-state index < -0.39 is 29.1 Å². The van der Waals surface area contributed by atoms with E-state index in [0.717, 1.165) is 19.3 Å². The highest BCUT2D eigenvalue weighted by atomic mass is 35.5. The van der Waals surface area contributed by atoms with Crippen LogP contribution in [0.5, 0.6) is 0 Å². The molecule has 0 heterocycles. The topological polar surface area (TPSA) is 55.4 Å². The summed E-state index contributed by atoms with van der Waals surface area (Å²) in [5, 5.41) is 2.67. The van der Waals surface area contributed by atoms with Crippen LogP contribution >= 0.6 is 11.6 Å². The minimum absolute atomic E-state index is 0.342. The van der Waals surface area contributed by atoms with Crippen molar-refractivity contribution in [3.8, 4) is 0 Å². The number of nitrogens with one attached hydrogen (secondary N) is 1. The van der Waals surface area contributed by atoms with Crippen LogP contribution in [0.2, 0.25) is 5.02 Å². The second-order valence-electron chi connectivity index (χ2n) is 4.65. The van der Waals surface area contributed by atoms with Gasteiger partial charge in [0.1, 0.15) is 11.6 Å². The first-order valence-corrected chi connectivity index (χ1v) is 7.11. The van der Waals surface area contributed by atoms with Gasteiger partial charge < -0.3 is 10.1 Å². The highest BCUT2D eigenvalue weighted by Crippen LogP contribution is 2.21. The van der Waals surface area contributed by atoms with E-state index >= 15 is 0 Å². The van der Waals surface area contributed by atoms with Crippen LogP contribution in [0, 0.1) is 11.6 Å². The maximum absolute atomic E-state index is 13.7. The lowest BCUT2D eigenvalue weighted by atomic mass is 10.1. The number of rotatable bonds is 4. The van der Waals surface area contributed by atoms with Crippen LogP contribution in [0.3, 0.4) is 0 Å². The van der Waals surface area contributed by atoms with E-state index in [1.165, 1.54) is 6.08 Å². The summed E-state index contributed by atoms with van der Waals surface area (Å²) in [5.74, 6) is -3.74. The van der Waals surface area contributed by atoms with Crippen LogP contribution in [0.4, 0.5) is 14.5 Å². The van der Waals surface area contributed by atoms with Crippen LogP contribution in [0.25, 0.3) is 6.08 Å². The van der Waals surface area contributed by atoms with Crippen molar-refractivity contribution in [3.05, 3.63) is 70.3 Å². The van der Waals surface area contributed by atoms with Crippen molar-refractivity contribution in [1.82, 2.24) is 0 Å². The molecule has 24 heavy (non-hydrogen) atoms. The molecular weight excluding hydrogens is 340 g/mol. The lowest BCUT2D eigenvalue weighted by Crippen LogP contribution is -2.12. The molecule has 0 bridgehead atoms. The first-order valence-electron chi connectivity index (χ1n) is 6.73. The van der Waals surface area contributed by atoms with Crippen LogP contribution < -0.4 is 5.32 Å². The zero-order valence-electron chi connectivity index (χ0n) is 12.5. The van der Waals surface area contributed by atoms with Crippen LogP contribution in [-0.2, 0) is 9.53 Å². The summed E-state index contributed by atoms with van der Waals surface area (Å²) in [5.41, 5.74) is -0.223. The molecule has 0 fully saturated rings. The normalized spacial score (nSPS) is 10.7. The summed E-state index contributed by atoms with van der Waals surface area (Å²) in [6.07, 6.45) is 2.59. The lowest BCUT2D eigenvalue weighted by Gasteiger charge is -2.07. The average Bonchev–Trinajstić information content (AvgIpc) is 2.56. The Morgan fingerprint density at radius 3 is 2.54 bits per heavy atom. The third kappa shape index (κ3) is 4.17. The Balaban J connectivity index is 2.20. The van der Waals surface area contributed by atoms with E-state index in [4.69, 9.17) is 11.6 Å². The van der Waals surface area contributed by atoms with E-state index in [1.54, 1.807) is 24.3 Å². The minimum atomic E-state index is -1.08. The molecule has 0 spiro atoms. The zero-order chi connectivity index (χ0) is 17.7. The summed E-state index contributed by atoms with van der Waals surface area (Å²) in [4.78, 5) is 23.3. The third-order valence-corrected chi connectivity index (χ3v) is 3.38. The molecule has 0 atom stereocenters. The summed E-state index contributed by atoms with van der Waals surface area (Å²) in [6, 6.07) is 8.20. The fourth-order valence-electron chi connectivity index (χ4n) is 1.86. The number of amides is 1. The van der Waals surface area contributed by atoms with Crippen molar-refractivity contribution in [2.45, 2.75) is 0 Å². The molecular formula is C17H12ClF2NO3. The number of hydrogen-bond donors (Lipinski definition) is 1. The number of methoxy groups -OCH3 is 1. The van der Waals surface area contributed by atoms with Gasteiger partial charge in [0.2, 0.25) is 5.91 Å². The molecule has 1 N–H and O–H groups in total. The molecule has 2 aromatic carbocycles. The SMILES string of the molecule is COC(=O)c1cc(NC(=O)C=Cc2ccccc2Cl)c(F)cc1F. The number of hydrogen-bond acceptors (Lipinski definition) is 3. The van der Waals surface area contributed by atoms with Crippen molar-refractivity contribution in [1.29, 1.82) is 0 Å². The lowest BCUT2D eigenvalue weighted by molar-refractivity contribution is -0.111. The fraction of sp³-hybridized carbons (Fsp3) is 0.0588. The number of carbonyl (C=O) groups is 2. The Kier molecular flexibility index (Phi) is 5.65. The van der Waals surface area contributed by atoms with Gasteiger partial charge in [0.15, 0.2) is 0 Å². The number of anilines is 1. The van der Waals surface area contributed by atoms with Crippen LogP contribution in [0.15, 0.2) is 42.5 Å². The Morgan fingerprint density at radius 2 is 1.88 bits per heavy atom. The second-order valence-corrected chi connectivity index (χ2v) is 5.05. The molecule has 0 aliphatic rings. The number of carbonyl (C=O) groups excluding carboxylic acids is 2. The monoisotopic (exact) mass is 351 g/mol. The van der Waals surface area contributed by atoms with Gasteiger partial charge >= 0.3 is 5.97 Å². The molecule has 4 nitrogen and oxygen atoms in total. The molecule has 0 aliphatic carbocycles. The largest absolute Gasteiger partial charge is 0.465 e. The van der Waals surface area contributed by atoms with E-state index in [1.807, 2.05) is 0 Å². The number of halogens is 3. The molecule has 2 rings (SSSR count). The van der Waals surface area contributed by atoms with Crippen molar-refractivity contribution in [3.63, 3.8) is 0 Å². The number of ether oxygens (including phenoxy) is 1. The summed E-state index contributed by atoms with van der Waals surface area (Å²) >= 11 is 5.95. The van der Waals surface area contributed by atoms with Crippen molar-refractivity contribution in [2.75, 3.05) is 12.4 Å². The number of benzene rings is 2. The molecule has 0 saturated carbocycles. The van der Waals surface area contributed by atoms with Gasteiger partial charge in [-0.15, -0.1) is 0 Å². The van der Waals surface area contributed by atoms with Gasteiger partial charge in [-0.2, -0.15) is 0 Å². The van der Waals surface area contributed by atoms with E-state index in [9.17, 15) is 18.4 Å². The third-order valence-electron chi connectivity index (χ3n) is 3.04. The predicted molar refractivity (Wildman–Crippen MR) is 86.8 cm³/mol. The Labute approximate surface area is 141 Å². The van der Waals surface area contributed by atoms with E-state index in [-0.39, 0.29) is 5.69 Å². The predicted octanol–water partition coefficient (Wildman–Crippen LogP) is 4.06. The standard InChI is InChI=1S/C17H12ClF2NO3/c1-24-17(23)11-8-15(14(20)9-13(11)19)21-16(22)7-6-10-4-2-3-5-12(10)18/h2-9H,1H3,(H,21,22). The Bertz CT molecular complexity index is 821. The highest BCUT2D eigenvalue weighted by molar-refractivity contribution is 6.32. The maximum atomic E-state index is 13.7. The van der Waals surface area contributed by atoms with Gasteiger partial charge in [-0.1, -0.05) is 29.8 Å². The quantitative estimate of drug-likeness (QED) is 0.667. The average molecular weight is 352 g/mol. The van der Waals surface area contributed by atoms with Crippen molar-refractivity contribution < 1.29 is 23.1 Å².